The molecule has 122 valence electrons. The van der Waals surface area contributed by atoms with E-state index in [0.717, 1.165) is 32.4 Å². The Labute approximate surface area is 129 Å². The zero-order valence-electron chi connectivity index (χ0n) is 12.0. The number of carbonyl (C=O) groups is 4. The van der Waals surface area contributed by atoms with E-state index in [1.54, 1.807) is 0 Å². The van der Waals surface area contributed by atoms with Gasteiger partial charge in [-0.05, 0) is 18.2 Å². The Bertz CT molecular complexity index is 645. The number of carboxylic acids is 2. The molecule has 0 saturated carbocycles. The minimum atomic E-state index is -1.36. The van der Waals surface area contributed by atoms with Gasteiger partial charge in [0.1, 0.15) is 0 Å². The number of hydrazone groups is 1. The number of nitrogens with one attached hydrogen (secondary N) is 1. The third-order valence-corrected chi connectivity index (χ3v) is 2.48. The van der Waals surface area contributed by atoms with Gasteiger partial charge < -0.3 is 19.7 Å². The van der Waals surface area contributed by atoms with E-state index in [-0.39, 0.29) is 16.8 Å². The minimum absolute atomic E-state index is 0.0624. The van der Waals surface area contributed by atoms with Gasteiger partial charge in [-0.3, -0.25) is 5.43 Å². The number of carbonyl (C=O) groups excluding carboxylic acids is 2. The number of hydrogen-bond donors (Lipinski definition) is 3. The zero-order valence-corrected chi connectivity index (χ0v) is 12.0. The first kappa shape index (κ1) is 17.6. The van der Waals surface area contributed by atoms with Crippen LogP contribution in [0.4, 0.5) is 5.69 Å². The Balaban J connectivity index is 3.22. The lowest BCUT2D eigenvalue weighted by Gasteiger charge is -2.06. The van der Waals surface area contributed by atoms with Crippen molar-refractivity contribution in [3.8, 4) is 0 Å². The molecule has 0 heterocycles. The van der Waals surface area contributed by atoms with Crippen molar-refractivity contribution >= 4 is 35.3 Å². The van der Waals surface area contributed by atoms with Gasteiger partial charge >= 0.3 is 23.9 Å². The fourth-order valence-corrected chi connectivity index (χ4v) is 1.43. The second-order valence-corrected chi connectivity index (χ2v) is 3.96. The van der Waals surface area contributed by atoms with Crippen molar-refractivity contribution < 1.29 is 38.9 Å². The predicted molar refractivity (Wildman–Crippen MR) is 75.5 cm³/mol. The first-order valence-electron chi connectivity index (χ1n) is 5.92. The highest BCUT2D eigenvalue weighted by molar-refractivity contribution is 6.62. The maximum Gasteiger partial charge on any atom is 0.366 e. The van der Waals surface area contributed by atoms with Crippen LogP contribution in [0, 0.1) is 0 Å². The summed E-state index contributed by atoms with van der Waals surface area (Å²) in [5, 5.41) is 21.3. The molecule has 0 spiro atoms. The topological polar surface area (TPSA) is 152 Å². The van der Waals surface area contributed by atoms with Crippen LogP contribution in [0.25, 0.3) is 0 Å². The highest BCUT2D eigenvalue weighted by Crippen LogP contribution is 2.15. The predicted octanol–water partition coefficient (Wildman–Crippen LogP) is 0.197. The number of anilines is 1. The number of aromatic carboxylic acids is 2. The average molecular weight is 324 g/mol. The summed E-state index contributed by atoms with van der Waals surface area (Å²) in [5.74, 6) is -4.89. The van der Waals surface area contributed by atoms with Gasteiger partial charge in [-0.15, -0.1) is 0 Å². The summed E-state index contributed by atoms with van der Waals surface area (Å²) in [6, 6.07) is 3.09. The van der Waals surface area contributed by atoms with Gasteiger partial charge in [-0.25, -0.2) is 19.2 Å². The summed E-state index contributed by atoms with van der Waals surface area (Å²) < 4.78 is 8.70. The van der Waals surface area contributed by atoms with Crippen molar-refractivity contribution in [2.24, 2.45) is 5.10 Å². The number of hydrogen-bond acceptors (Lipinski definition) is 8. The Kier molecular flexibility index (Phi) is 5.78. The van der Waals surface area contributed by atoms with Gasteiger partial charge in [0, 0.05) is 0 Å². The number of methoxy groups -OCH3 is 2. The van der Waals surface area contributed by atoms with E-state index < -0.39 is 29.6 Å². The molecule has 1 aromatic carbocycles. The highest BCUT2D eigenvalue weighted by Gasteiger charge is 2.22. The van der Waals surface area contributed by atoms with Crippen LogP contribution in [-0.4, -0.2) is 54.0 Å². The Hall–Kier alpha value is -3.43. The van der Waals surface area contributed by atoms with E-state index in [0.29, 0.717) is 0 Å². The van der Waals surface area contributed by atoms with E-state index in [1.165, 1.54) is 0 Å². The molecule has 0 radical (unpaired) electrons. The summed E-state index contributed by atoms with van der Waals surface area (Å²) >= 11 is 0. The lowest BCUT2D eigenvalue weighted by Crippen LogP contribution is -2.27. The molecular formula is C13H12N2O8. The number of rotatable bonds is 6. The molecule has 0 unspecified atom stereocenters. The monoisotopic (exact) mass is 324 g/mol. The molecule has 0 aliphatic rings. The molecule has 0 aliphatic heterocycles. The molecule has 0 bridgehead atoms. The van der Waals surface area contributed by atoms with Crippen LogP contribution in [0.5, 0.6) is 0 Å². The van der Waals surface area contributed by atoms with E-state index in [1.807, 2.05) is 0 Å². The summed E-state index contributed by atoms with van der Waals surface area (Å²) in [7, 11) is 2.04. The van der Waals surface area contributed by atoms with Crippen LogP contribution in [0.2, 0.25) is 0 Å². The summed E-state index contributed by atoms with van der Waals surface area (Å²) in [4.78, 5) is 44.7. The first-order valence-corrected chi connectivity index (χ1v) is 5.92. The van der Waals surface area contributed by atoms with Crippen LogP contribution in [0.15, 0.2) is 23.3 Å². The zero-order chi connectivity index (χ0) is 17.6. The molecule has 0 amide bonds. The lowest BCUT2D eigenvalue weighted by atomic mass is 10.1. The molecule has 0 aliphatic carbocycles. The molecule has 0 saturated heterocycles. The average Bonchev–Trinajstić information content (AvgIpc) is 2.53. The smallest absolute Gasteiger partial charge is 0.366 e. The third kappa shape index (κ3) is 4.52. The number of nitrogens with zero attached hydrogens (tertiary/aromatic N) is 1. The molecule has 0 fully saturated rings. The molecule has 0 atom stereocenters. The standard InChI is InChI=1S/C13H12N2O8/c1-22-12(20)9(13(21)23-2)15-14-8-4-6(10(16)17)3-7(5-8)11(18)19/h3-5,14H,1-2H3,(H,16,17)(H,18,19). The highest BCUT2D eigenvalue weighted by atomic mass is 16.5. The second kappa shape index (κ2) is 7.54. The van der Waals surface area contributed by atoms with Crippen molar-refractivity contribution in [1.29, 1.82) is 0 Å². The molecular weight excluding hydrogens is 312 g/mol. The van der Waals surface area contributed by atoms with E-state index in [9.17, 15) is 19.2 Å². The molecule has 0 aromatic heterocycles. The van der Waals surface area contributed by atoms with E-state index in [4.69, 9.17) is 10.2 Å². The summed E-state index contributed by atoms with van der Waals surface area (Å²) in [6.45, 7) is 0. The fraction of sp³-hybridized carbons (Fsp3) is 0.154. The van der Waals surface area contributed by atoms with Crippen molar-refractivity contribution in [2.45, 2.75) is 0 Å². The maximum absolute atomic E-state index is 11.4. The van der Waals surface area contributed by atoms with Gasteiger partial charge in [0.25, 0.3) is 5.71 Å². The van der Waals surface area contributed by atoms with E-state index in [2.05, 4.69) is 20.0 Å². The van der Waals surface area contributed by atoms with Crippen LogP contribution in [0.1, 0.15) is 20.7 Å². The van der Waals surface area contributed by atoms with E-state index >= 15 is 0 Å². The number of carboxylic acid groups (broad SMARTS) is 2. The second-order valence-electron chi connectivity index (χ2n) is 3.96. The number of esters is 2. The fourth-order valence-electron chi connectivity index (χ4n) is 1.43. The Morgan fingerprint density at radius 3 is 1.70 bits per heavy atom. The van der Waals surface area contributed by atoms with Crippen LogP contribution < -0.4 is 5.43 Å². The van der Waals surface area contributed by atoms with Gasteiger partial charge in [0.15, 0.2) is 0 Å². The van der Waals surface area contributed by atoms with Crippen molar-refractivity contribution in [1.82, 2.24) is 0 Å². The van der Waals surface area contributed by atoms with Crippen LogP contribution >= 0.6 is 0 Å². The van der Waals surface area contributed by atoms with Gasteiger partial charge in [0.2, 0.25) is 0 Å². The summed E-state index contributed by atoms with van der Waals surface area (Å²) in [5.41, 5.74) is 0.796. The minimum Gasteiger partial charge on any atom is -0.478 e. The molecule has 23 heavy (non-hydrogen) atoms. The lowest BCUT2D eigenvalue weighted by molar-refractivity contribution is -0.138. The Morgan fingerprint density at radius 1 is 0.913 bits per heavy atom. The van der Waals surface area contributed by atoms with Gasteiger partial charge in [0.05, 0.1) is 31.0 Å². The van der Waals surface area contributed by atoms with Crippen LogP contribution in [-0.2, 0) is 19.1 Å². The summed E-state index contributed by atoms with van der Waals surface area (Å²) in [6.07, 6.45) is 0. The van der Waals surface area contributed by atoms with Crippen molar-refractivity contribution in [3.63, 3.8) is 0 Å². The van der Waals surface area contributed by atoms with Crippen molar-refractivity contribution in [3.05, 3.63) is 29.3 Å². The van der Waals surface area contributed by atoms with Crippen LogP contribution in [0.3, 0.4) is 0 Å². The molecule has 1 rings (SSSR count). The van der Waals surface area contributed by atoms with Gasteiger partial charge in [-0.1, -0.05) is 0 Å². The SMILES string of the molecule is COC(=O)C(=NNc1cc(C(=O)O)cc(C(=O)O)c1)C(=O)OC. The van der Waals surface area contributed by atoms with Gasteiger partial charge in [-0.2, -0.15) is 5.10 Å². The number of ether oxygens (including phenoxy) is 2. The molecule has 10 nitrogen and oxygen atoms in total. The normalized spacial score (nSPS) is 9.48. The Morgan fingerprint density at radius 2 is 1.35 bits per heavy atom. The molecule has 3 N–H and O–H groups in total. The number of benzene rings is 1. The molecule has 10 heteroatoms. The maximum atomic E-state index is 11.4. The quantitative estimate of drug-likeness (QED) is 0.288. The first-order chi connectivity index (χ1) is 10.8. The largest absolute Gasteiger partial charge is 0.478 e. The third-order valence-electron chi connectivity index (χ3n) is 2.48. The van der Waals surface area contributed by atoms with Crippen molar-refractivity contribution in [2.75, 3.05) is 19.6 Å². The molecule has 1 aromatic rings.